The van der Waals surface area contributed by atoms with Crippen LogP contribution in [0.4, 0.5) is 4.79 Å². The van der Waals surface area contributed by atoms with Gasteiger partial charge in [0.05, 0.1) is 6.61 Å². The Kier molecular flexibility index (Phi) is 7.07. The van der Waals surface area contributed by atoms with Gasteiger partial charge in [-0.1, -0.05) is 48.5 Å². The standard InChI is InChI=1S/C25H30N2O5/c28-14-13-27-11-9-17(10-12-27)15-23(24(29)30)26-25(31)32-16-22-20-7-3-1-5-18(20)19-6-2-4-8-21(19)22/h1-8,17,22-23,28H,9-16H2,(H,26,31)(H,29,30)/t23-/m0/s1. The predicted octanol–water partition coefficient (Wildman–Crippen LogP) is 3.07. The Morgan fingerprint density at radius 3 is 2.19 bits per heavy atom. The molecule has 1 saturated heterocycles. The number of ether oxygens (including phenoxy) is 1. The van der Waals surface area contributed by atoms with Crippen molar-refractivity contribution in [3.05, 3.63) is 59.7 Å². The second-order valence-corrected chi connectivity index (χ2v) is 8.61. The maximum absolute atomic E-state index is 12.5. The van der Waals surface area contributed by atoms with Crippen molar-refractivity contribution >= 4 is 12.1 Å². The fraction of sp³-hybridized carbons (Fsp3) is 0.440. The molecule has 32 heavy (non-hydrogen) atoms. The van der Waals surface area contributed by atoms with Gasteiger partial charge in [-0.15, -0.1) is 0 Å². The zero-order valence-electron chi connectivity index (χ0n) is 18.1. The van der Waals surface area contributed by atoms with Gasteiger partial charge in [-0.05, 0) is 60.5 Å². The molecule has 1 heterocycles. The first-order valence-electron chi connectivity index (χ1n) is 11.2. The number of benzene rings is 2. The van der Waals surface area contributed by atoms with E-state index in [0.29, 0.717) is 13.0 Å². The number of nitrogens with zero attached hydrogens (tertiary/aromatic N) is 1. The topological polar surface area (TPSA) is 99.1 Å². The zero-order chi connectivity index (χ0) is 22.5. The summed E-state index contributed by atoms with van der Waals surface area (Å²) in [5, 5.41) is 21.2. The first kappa shape index (κ1) is 22.3. The van der Waals surface area contributed by atoms with Crippen LogP contribution < -0.4 is 5.32 Å². The van der Waals surface area contributed by atoms with E-state index in [1.807, 2.05) is 36.4 Å². The Morgan fingerprint density at radius 2 is 1.62 bits per heavy atom. The summed E-state index contributed by atoms with van der Waals surface area (Å²) in [4.78, 5) is 26.4. The summed E-state index contributed by atoms with van der Waals surface area (Å²) in [5.74, 6) is -0.886. The number of β-amino-alcohol motifs (C(OH)–C–C–N with tert-alkyl or cyclic N) is 1. The van der Waals surface area contributed by atoms with Crippen LogP contribution in [0, 0.1) is 5.92 Å². The number of carbonyl (C=O) groups excluding carboxylic acids is 1. The number of piperidine rings is 1. The van der Waals surface area contributed by atoms with Gasteiger partial charge in [0, 0.05) is 12.5 Å². The number of carbonyl (C=O) groups is 2. The number of hydrogen-bond acceptors (Lipinski definition) is 5. The number of fused-ring (bicyclic) bond motifs is 3. The molecule has 1 aliphatic heterocycles. The van der Waals surface area contributed by atoms with Crippen molar-refractivity contribution < 1.29 is 24.5 Å². The van der Waals surface area contributed by atoms with Crippen molar-refractivity contribution in [3.8, 4) is 11.1 Å². The minimum atomic E-state index is -1.05. The van der Waals surface area contributed by atoms with E-state index in [2.05, 4.69) is 22.3 Å². The molecule has 0 bridgehead atoms. The third-order valence-electron chi connectivity index (χ3n) is 6.63. The lowest BCUT2D eigenvalue weighted by Gasteiger charge is -2.32. The van der Waals surface area contributed by atoms with Crippen LogP contribution in [-0.2, 0) is 9.53 Å². The molecule has 1 amide bonds. The van der Waals surface area contributed by atoms with E-state index >= 15 is 0 Å². The van der Waals surface area contributed by atoms with E-state index in [-0.39, 0.29) is 25.0 Å². The highest BCUT2D eigenvalue weighted by molar-refractivity contribution is 5.81. The molecule has 7 heteroatoms. The lowest BCUT2D eigenvalue weighted by Crippen LogP contribution is -2.44. The maximum Gasteiger partial charge on any atom is 0.407 e. The number of alkyl carbamates (subject to hydrolysis) is 1. The normalized spacial score (nSPS) is 17.4. The van der Waals surface area contributed by atoms with Crippen LogP contribution >= 0.6 is 0 Å². The second kappa shape index (κ2) is 10.1. The fourth-order valence-corrected chi connectivity index (χ4v) is 4.92. The zero-order valence-corrected chi connectivity index (χ0v) is 18.1. The van der Waals surface area contributed by atoms with E-state index in [9.17, 15) is 14.7 Å². The van der Waals surface area contributed by atoms with Crippen molar-refractivity contribution in [2.45, 2.75) is 31.2 Å². The van der Waals surface area contributed by atoms with Gasteiger partial charge in [-0.25, -0.2) is 9.59 Å². The highest BCUT2D eigenvalue weighted by atomic mass is 16.5. The Labute approximate surface area is 188 Å². The lowest BCUT2D eigenvalue weighted by atomic mass is 9.90. The first-order chi connectivity index (χ1) is 15.6. The van der Waals surface area contributed by atoms with Crippen LogP contribution in [0.15, 0.2) is 48.5 Å². The monoisotopic (exact) mass is 438 g/mol. The third kappa shape index (κ3) is 4.95. The number of nitrogens with one attached hydrogen (secondary N) is 1. The number of amides is 1. The van der Waals surface area contributed by atoms with Crippen LogP contribution in [0.3, 0.4) is 0 Å². The number of aliphatic carboxylic acids is 1. The summed E-state index contributed by atoms with van der Waals surface area (Å²) in [6.45, 7) is 2.61. The van der Waals surface area contributed by atoms with Crippen molar-refractivity contribution in [2.24, 2.45) is 5.92 Å². The molecule has 0 radical (unpaired) electrons. The second-order valence-electron chi connectivity index (χ2n) is 8.61. The predicted molar refractivity (Wildman–Crippen MR) is 120 cm³/mol. The molecule has 170 valence electrons. The number of rotatable bonds is 8. The molecule has 2 aromatic carbocycles. The van der Waals surface area contributed by atoms with Gasteiger partial charge in [0.15, 0.2) is 0 Å². The Balaban J connectivity index is 1.33. The molecular weight excluding hydrogens is 408 g/mol. The number of aliphatic hydroxyl groups is 1. The van der Waals surface area contributed by atoms with Gasteiger partial charge >= 0.3 is 12.1 Å². The Bertz CT molecular complexity index is 909. The van der Waals surface area contributed by atoms with Crippen molar-refractivity contribution in [2.75, 3.05) is 32.8 Å². The number of hydrogen-bond donors (Lipinski definition) is 3. The molecule has 2 aliphatic rings. The summed E-state index contributed by atoms with van der Waals surface area (Å²) in [6, 6.07) is 15.2. The van der Waals surface area contributed by atoms with Crippen LogP contribution in [0.5, 0.6) is 0 Å². The SMILES string of the molecule is O=C(N[C@@H](CC1CCN(CCO)CC1)C(=O)O)OCC1c2ccccc2-c2ccccc21. The van der Waals surface area contributed by atoms with Gasteiger partial charge < -0.3 is 25.2 Å². The van der Waals surface area contributed by atoms with Crippen LogP contribution in [-0.4, -0.2) is 66.1 Å². The van der Waals surface area contributed by atoms with Crippen LogP contribution in [0.25, 0.3) is 11.1 Å². The van der Waals surface area contributed by atoms with E-state index < -0.39 is 18.1 Å². The molecule has 0 unspecified atom stereocenters. The maximum atomic E-state index is 12.5. The summed E-state index contributed by atoms with van der Waals surface area (Å²) in [5.41, 5.74) is 4.53. The third-order valence-corrected chi connectivity index (χ3v) is 6.63. The first-order valence-corrected chi connectivity index (χ1v) is 11.2. The minimum absolute atomic E-state index is 0.0627. The molecule has 1 fully saturated rings. The van der Waals surface area contributed by atoms with Crippen molar-refractivity contribution in [3.63, 3.8) is 0 Å². The molecule has 1 atom stereocenters. The van der Waals surface area contributed by atoms with Gasteiger partial charge in [0.1, 0.15) is 12.6 Å². The molecule has 7 nitrogen and oxygen atoms in total. The fourth-order valence-electron chi connectivity index (χ4n) is 4.92. The molecule has 0 saturated carbocycles. The summed E-state index contributed by atoms with van der Waals surface area (Å²) in [6.07, 6.45) is 1.40. The molecular formula is C25H30N2O5. The van der Waals surface area contributed by atoms with Gasteiger partial charge in [0.25, 0.3) is 0 Å². The van der Waals surface area contributed by atoms with Crippen molar-refractivity contribution in [1.82, 2.24) is 10.2 Å². The van der Waals surface area contributed by atoms with E-state index in [1.54, 1.807) is 0 Å². The highest BCUT2D eigenvalue weighted by Gasteiger charge is 2.31. The largest absolute Gasteiger partial charge is 0.480 e. The Morgan fingerprint density at radius 1 is 1.03 bits per heavy atom. The van der Waals surface area contributed by atoms with E-state index in [0.717, 1.165) is 48.2 Å². The molecule has 0 spiro atoms. The molecule has 1 aliphatic carbocycles. The molecule has 2 aromatic rings. The van der Waals surface area contributed by atoms with E-state index in [4.69, 9.17) is 9.84 Å². The molecule has 0 aromatic heterocycles. The minimum Gasteiger partial charge on any atom is -0.480 e. The average Bonchev–Trinajstić information content (AvgIpc) is 3.12. The summed E-state index contributed by atoms with van der Waals surface area (Å²) in [7, 11) is 0. The lowest BCUT2D eigenvalue weighted by molar-refractivity contribution is -0.140. The van der Waals surface area contributed by atoms with Crippen LogP contribution in [0.2, 0.25) is 0 Å². The molecule has 3 N–H and O–H groups in total. The van der Waals surface area contributed by atoms with E-state index in [1.165, 1.54) is 0 Å². The summed E-state index contributed by atoms with van der Waals surface area (Å²) >= 11 is 0. The van der Waals surface area contributed by atoms with Gasteiger partial charge in [-0.2, -0.15) is 0 Å². The highest BCUT2D eigenvalue weighted by Crippen LogP contribution is 2.44. The number of carboxylic acid groups (broad SMARTS) is 1. The molecule has 4 rings (SSSR count). The van der Waals surface area contributed by atoms with Gasteiger partial charge in [-0.3, -0.25) is 0 Å². The van der Waals surface area contributed by atoms with Crippen molar-refractivity contribution in [1.29, 1.82) is 0 Å². The number of carboxylic acids is 1. The number of likely N-dealkylation sites (tertiary alicyclic amines) is 1. The van der Waals surface area contributed by atoms with Gasteiger partial charge in [0.2, 0.25) is 0 Å². The number of aliphatic hydroxyl groups excluding tert-OH is 1. The Hall–Kier alpha value is -2.90. The summed E-state index contributed by atoms with van der Waals surface area (Å²) < 4.78 is 5.51. The van der Waals surface area contributed by atoms with Crippen LogP contribution in [0.1, 0.15) is 36.3 Å². The quantitative estimate of drug-likeness (QED) is 0.586. The smallest absolute Gasteiger partial charge is 0.407 e. The average molecular weight is 439 g/mol.